The summed E-state index contributed by atoms with van der Waals surface area (Å²) < 4.78 is 5.98. The Kier molecular flexibility index (Phi) is 4.83. The number of amides is 1. The Labute approximate surface area is 115 Å². The zero-order valence-electron chi connectivity index (χ0n) is 10.0. The number of hydrogen-bond donors (Lipinski definition) is 1. The molecule has 0 atom stereocenters. The fourth-order valence-electron chi connectivity index (χ4n) is 1.14. The van der Waals surface area contributed by atoms with Crippen LogP contribution in [0.2, 0.25) is 5.02 Å². The average Bonchev–Trinajstić information content (AvgIpc) is 2.17. The zero-order valence-corrected chi connectivity index (χ0v) is 12.4. The van der Waals surface area contributed by atoms with E-state index in [-0.39, 0.29) is 12.1 Å². The Morgan fingerprint density at radius 1 is 1.47 bits per heavy atom. The van der Waals surface area contributed by atoms with E-state index in [0.717, 1.165) is 10.0 Å². The molecule has 0 spiro atoms. The van der Waals surface area contributed by atoms with Gasteiger partial charge in [0.25, 0.3) is 0 Å². The highest BCUT2D eigenvalue weighted by atomic mass is 79.9. The molecule has 5 heteroatoms. The van der Waals surface area contributed by atoms with E-state index in [1.807, 2.05) is 32.9 Å². The van der Waals surface area contributed by atoms with Gasteiger partial charge in [-0.15, -0.1) is 0 Å². The summed E-state index contributed by atoms with van der Waals surface area (Å²) in [6.45, 7) is 5.82. The maximum absolute atomic E-state index is 11.4. The van der Waals surface area contributed by atoms with Crippen molar-refractivity contribution in [2.45, 2.75) is 32.9 Å². The van der Waals surface area contributed by atoms with Crippen LogP contribution in [0.5, 0.6) is 0 Å². The minimum atomic E-state index is -0.450. The molecule has 0 heterocycles. The second-order valence-electron chi connectivity index (χ2n) is 4.69. The van der Waals surface area contributed by atoms with Gasteiger partial charge in [0.1, 0.15) is 6.61 Å². The van der Waals surface area contributed by atoms with E-state index in [0.29, 0.717) is 5.02 Å². The number of benzene rings is 1. The molecule has 0 fully saturated rings. The molecule has 94 valence electrons. The molecular weight excluding hydrogens is 305 g/mol. The zero-order chi connectivity index (χ0) is 13.1. The van der Waals surface area contributed by atoms with Crippen molar-refractivity contribution in [1.29, 1.82) is 0 Å². The first-order chi connectivity index (χ1) is 7.78. The summed E-state index contributed by atoms with van der Waals surface area (Å²) in [7, 11) is 0. The summed E-state index contributed by atoms with van der Waals surface area (Å²) in [5.74, 6) is 0. The summed E-state index contributed by atoms with van der Waals surface area (Å²) in [4.78, 5) is 11.4. The van der Waals surface area contributed by atoms with Crippen LogP contribution in [0.3, 0.4) is 0 Å². The Bertz CT molecular complexity index is 415. The molecule has 0 saturated carbocycles. The number of hydrogen-bond acceptors (Lipinski definition) is 2. The van der Waals surface area contributed by atoms with Crippen molar-refractivity contribution in [3.63, 3.8) is 0 Å². The fraction of sp³-hybridized carbons (Fsp3) is 0.417. The Morgan fingerprint density at radius 3 is 2.71 bits per heavy atom. The Morgan fingerprint density at radius 2 is 2.12 bits per heavy atom. The van der Waals surface area contributed by atoms with Gasteiger partial charge in [-0.2, -0.15) is 0 Å². The highest BCUT2D eigenvalue weighted by Gasteiger charge is 2.14. The average molecular weight is 321 g/mol. The number of rotatable bonds is 2. The predicted molar refractivity (Wildman–Crippen MR) is 72.2 cm³/mol. The van der Waals surface area contributed by atoms with E-state index in [4.69, 9.17) is 16.3 Å². The molecule has 1 amide bonds. The number of alkyl carbamates (subject to hydrolysis) is 1. The van der Waals surface area contributed by atoms with Crippen LogP contribution in [0.1, 0.15) is 26.3 Å². The molecule has 3 nitrogen and oxygen atoms in total. The molecule has 0 aliphatic rings. The van der Waals surface area contributed by atoms with Crippen LogP contribution in [0.4, 0.5) is 4.79 Å². The van der Waals surface area contributed by atoms with E-state index in [1.54, 1.807) is 6.07 Å². The number of carbonyl (C=O) groups is 1. The van der Waals surface area contributed by atoms with Crippen LogP contribution in [0.25, 0.3) is 0 Å². The Hall–Kier alpha value is -0.740. The molecular formula is C12H15BrClNO2. The molecule has 0 saturated heterocycles. The lowest BCUT2D eigenvalue weighted by Crippen LogP contribution is -2.40. The minimum Gasteiger partial charge on any atom is -0.445 e. The van der Waals surface area contributed by atoms with Crippen molar-refractivity contribution in [2.24, 2.45) is 0 Å². The number of nitrogens with one attached hydrogen (secondary N) is 1. The number of halogens is 2. The minimum absolute atomic E-state index is 0.153. The molecule has 0 radical (unpaired) electrons. The third kappa shape index (κ3) is 5.41. The van der Waals surface area contributed by atoms with Gasteiger partial charge >= 0.3 is 6.09 Å². The molecule has 1 aromatic rings. The molecule has 0 aliphatic heterocycles. The highest BCUT2D eigenvalue weighted by molar-refractivity contribution is 9.10. The van der Waals surface area contributed by atoms with Crippen LogP contribution < -0.4 is 5.32 Å². The second-order valence-corrected chi connectivity index (χ2v) is 6.01. The van der Waals surface area contributed by atoms with Gasteiger partial charge in [-0.25, -0.2) is 4.79 Å². The molecule has 17 heavy (non-hydrogen) atoms. The van der Waals surface area contributed by atoms with E-state index in [2.05, 4.69) is 21.2 Å². The maximum Gasteiger partial charge on any atom is 0.407 e. The summed E-state index contributed by atoms with van der Waals surface area (Å²) in [6, 6.07) is 5.42. The van der Waals surface area contributed by atoms with Crippen LogP contribution in [0, 0.1) is 0 Å². The fourth-order valence-corrected chi connectivity index (χ4v) is 1.72. The van der Waals surface area contributed by atoms with Gasteiger partial charge in [0, 0.05) is 20.6 Å². The molecule has 0 bridgehead atoms. The first-order valence-electron chi connectivity index (χ1n) is 5.17. The van der Waals surface area contributed by atoms with Crippen LogP contribution >= 0.6 is 27.5 Å². The van der Waals surface area contributed by atoms with Crippen molar-refractivity contribution in [3.8, 4) is 0 Å². The smallest absolute Gasteiger partial charge is 0.407 e. The predicted octanol–water partition coefficient (Wildman–Crippen LogP) is 4.13. The van der Waals surface area contributed by atoms with Crippen LogP contribution in [-0.4, -0.2) is 11.6 Å². The molecule has 1 N–H and O–H groups in total. The van der Waals surface area contributed by atoms with Gasteiger partial charge in [-0.3, -0.25) is 0 Å². The molecule has 0 unspecified atom stereocenters. The lowest BCUT2D eigenvalue weighted by atomic mass is 10.1. The van der Waals surface area contributed by atoms with Crippen molar-refractivity contribution in [3.05, 3.63) is 33.3 Å². The van der Waals surface area contributed by atoms with Crippen LogP contribution in [-0.2, 0) is 11.3 Å². The van der Waals surface area contributed by atoms with Crippen LogP contribution in [0.15, 0.2) is 22.7 Å². The van der Waals surface area contributed by atoms with Gasteiger partial charge in [0.05, 0.1) is 0 Å². The van der Waals surface area contributed by atoms with Crippen molar-refractivity contribution < 1.29 is 9.53 Å². The Balaban J connectivity index is 2.56. The van der Waals surface area contributed by atoms with Gasteiger partial charge in [-0.1, -0.05) is 27.5 Å². The van der Waals surface area contributed by atoms with Gasteiger partial charge < -0.3 is 10.1 Å². The first kappa shape index (κ1) is 14.3. The lowest BCUT2D eigenvalue weighted by molar-refractivity contribution is 0.131. The van der Waals surface area contributed by atoms with Crippen molar-refractivity contribution in [2.75, 3.05) is 0 Å². The second kappa shape index (κ2) is 5.74. The van der Waals surface area contributed by atoms with Gasteiger partial charge in [0.15, 0.2) is 0 Å². The van der Waals surface area contributed by atoms with Gasteiger partial charge in [0.2, 0.25) is 0 Å². The lowest BCUT2D eigenvalue weighted by Gasteiger charge is -2.20. The topological polar surface area (TPSA) is 38.3 Å². The molecule has 0 aromatic heterocycles. The van der Waals surface area contributed by atoms with Crippen molar-refractivity contribution >= 4 is 33.6 Å². The summed E-state index contributed by atoms with van der Waals surface area (Å²) in [6.07, 6.45) is -0.450. The molecule has 0 aliphatic carbocycles. The summed E-state index contributed by atoms with van der Waals surface area (Å²) in [5.41, 5.74) is 0.461. The SMILES string of the molecule is CC(C)(C)NC(=O)OCc1cc(Br)ccc1Cl. The first-order valence-corrected chi connectivity index (χ1v) is 6.34. The van der Waals surface area contributed by atoms with E-state index < -0.39 is 6.09 Å². The maximum atomic E-state index is 11.4. The number of carbonyl (C=O) groups excluding carboxylic acids is 1. The third-order valence-electron chi connectivity index (χ3n) is 1.84. The normalized spacial score (nSPS) is 11.1. The largest absolute Gasteiger partial charge is 0.445 e. The van der Waals surface area contributed by atoms with E-state index in [1.165, 1.54) is 0 Å². The summed E-state index contributed by atoms with van der Waals surface area (Å²) in [5, 5.41) is 3.29. The van der Waals surface area contributed by atoms with Gasteiger partial charge in [-0.05, 0) is 39.0 Å². The van der Waals surface area contributed by atoms with Crippen molar-refractivity contribution in [1.82, 2.24) is 5.32 Å². The molecule has 1 aromatic carbocycles. The molecule has 1 rings (SSSR count). The summed E-state index contributed by atoms with van der Waals surface area (Å²) >= 11 is 9.32. The quantitative estimate of drug-likeness (QED) is 0.890. The monoisotopic (exact) mass is 319 g/mol. The highest BCUT2D eigenvalue weighted by Crippen LogP contribution is 2.21. The third-order valence-corrected chi connectivity index (χ3v) is 2.71. The van der Waals surface area contributed by atoms with E-state index >= 15 is 0 Å². The number of ether oxygens (including phenoxy) is 1. The standard InChI is InChI=1S/C12H15BrClNO2/c1-12(2,3)15-11(16)17-7-8-6-9(13)4-5-10(8)14/h4-6H,7H2,1-3H3,(H,15,16). The van der Waals surface area contributed by atoms with E-state index in [9.17, 15) is 4.79 Å².